The normalized spacial score (nSPS) is 11.3. The van der Waals surface area contributed by atoms with Gasteiger partial charge in [0.15, 0.2) is 0 Å². The van der Waals surface area contributed by atoms with Gasteiger partial charge in [0.25, 0.3) is 0 Å². The minimum Gasteiger partial charge on any atom is -0.457 e. The van der Waals surface area contributed by atoms with Crippen molar-refractivity contribution in [2.45, 2.75) is 0 Å². The van der Waals surface area contributed by atoms with Crippen LogP contribution < -0.4 is 9.64 Å². The topological polar surface area (TPSA) is 30.3 Å². The third-order valence-corrected chi connectivity index (χ3v) is 8.14. The second kappa shape index (κ2) is 14.4. The molecular weight excluding hydrogens is 587 g/mol. The summed E-state index contributed by atoms with van der Waals surface area (Å²) in [4.78, 5) is 7.27. The number of fused-ring (bicyclic) bond motifs is 1. The van der Waals surface area contributed by atoms with Crippen LogP contribution in [0.2, 0.25) is 0 Å². The zero-order chi connectivity index (χ0) is 32.5. The number of rotatable bonds is 11. The van der Waals surface area contributed by atoms with E-state index in [1.54, 1.807) is 6.08 Å². The van der Waals surface area contributed by atoms with Crippen molar-refractivity contribution in [2.75, 3.05) is 11.4 Å². The van der Waals surface area contributed by atoms with Crippen molar-refractivity contribution in [1.82, 2.24) is 9.55 Å². The minimum atomic E-state index is 0.737. The summed E-state index contributed by atoms with van der Waals surface area (Å²) in [6, 6.07) is 54.1. The number of nitrogens with zero attached hydrogens (tertiary/aromatic N) is 3. The molecule has 6 aromatic carbocycles. The summed E-state index contributed by atoms with van der Waals surface area (Å²) in [6.07, 6.45) is 9.85. The molecule has 1 heterocycles. The molecule has 48 heavy (non-hydrogen) atoms. The molecule has 0 saturated heterocycles. The van der Waals surface area contributed by atoms with Crippen LogP contribution in [-0.2, 0) is 0 Å². The maximum Gasteiger partial charge on any atom is 0.145 e. The molecule has 4 heteroatoms. The minimum absolute atomic E-state index is 0.737. The molecule has 0 fully saturated rings. The van der Waals surface area contributed by atoms with Gasteiger partial charge in [0, 0.05) is 29.2 Å². The van der Waals surface area contributed by atoms with Gasteiger partial charge in [-0.1, -0.05) is 122 Å². The number of anilines is 2. The molecule has 4 nitrogen and oxygen atoms in total. The Labute approximate surface area is 281 Å². The van der Waals surface area contributed by atoms with E-state index in [4.69, 9.17) is 9.72 Å². The molecule has 0 aliphatic carbocycles. The van der Waals surface area contributed by atoms with Crippen molar-refractivity contribution in [3.05, 3.63) is 195 Å². The monoisotopic (exact) mass is 621 g/mol. The van der Waals surface area contributed by atoms with Crippen molar-refractivity contribution in [3.63, 3.8) is 0 Å². The number of aromatic nitrogens is 2. The summed E-state index contributed by atoms with van der Waals surface area (Å²) < 4.78 is 8.46. The zero-order valence-corrected chi connectivity index (χ0v) is 26.6. The van der Waals surface area contributed by atoms with Gasteiger partial charge in [-0.15, -0.1) is 0 Å². The van der Waals surface area contributed by atoms with Gasteiger partial charge < -0.3 is 9.64 Å². The van der Waals surface area contributed by atoms with E-state index in [2.05, 4.69) is 137 Å². The van der Waals surface area contributed by atoms with E-state index in [0.29, 0.717) is 0 Å². The quantitative estimate of drug-likeness (QED) is 0.135. The Morgan fingerprint density at radius 1 is 0.562 bits per heavy atom. The third-order valence-electron chi connectivity index (χ3n) is 8.14. The van der Waals surface area contributed by atoms with E-state index in [0.717, 1.165) is 68.7 Å². The Morgan fingerprint density at radius 3 is 1.81 bits per heavy atom. The Bertz CT molecular complexity index is 2160. The fourth-order valence-corrected chi connectivity index (χ4v) is 5.77. The van der Waals surface area contributed by atoms with Gasteiger partial charge in [-0.05, 0) is 83.9 Å². The van der Waals surface area contributed by atoms with Gasteiger partial charge in [0.1, 0.15) is 17.3 Å². The summed E-state index contributed by atoms with van der Waals surface area (Å²) >= 11 is 0. The van der Waals surface area contributed by atoms with Crippen LogP contribution in [0.1, 0.15) is 0 Å². The van der Waals surface area contributed by atoms with Crippen LogP contribution in [0, 0.1) is 0 Å². The van der Waals surface area contributed by atoms with E-state index < -0.39 is 0 Å². The predicted molar refractivity (Wildman–Crippen MR) is 200 cm³/mol. The summed E-state index contributed by atoms with van der Waals surface area (Å²) in [5, 5.41) is 0. The average molecular weight is 622 g/mol. The van der Waals surface area contributed by atoms with Crippen LogP contribution in [0.25, 0.3) is 39.2 Å². The first-order chi connectivity index (χ1) is 23.8. The van der Waals surface area contributed by atoms with Crippen molar-refractivity contribution in [1.29, 1.82) is 0 Å². The van der Waals surface area contributed by atoms with Crippen molar-refractivity contribution in [2.24, 2.45) is 0 Å². The van der Waals surface area contributed by atoms with E-state index >= 15 is 0 Å². The Kier molecular flexibility index (Phi) is 9.06. The molecule has 7 rings (SSSR count). The van der Waals surface area contributed by atoms with Crippen molar-refractivity contribution >= 4 is 22.4 Å². The lowest BCUT2D eigenvalue weighted by molar-refractivity contribution is 0.483. The van der Waals surface area contributed by atoms with Crippen LogP contribution in [-0.4, -0.2) is 16.1 Å². The maximum absolute atomic E-state index is 6.23. The fourth-order valence-electron chi connectivity index (χ4n) is 5.77. The molecule has 0 aliphatic rings. The molecule has 0 spiro atoms. The SMILES string of the molecule is C=C/C=C\C=C/CN(c1ccccc1)c1ccc(Oc2ccc(-c3ccc(-c4nc5ccccc5n4-c4ccccc4)cc3)cc2)cc1. The number of benzene rings is 6. The molecule has 0 atom stereocenters. The highest BCUT2D eigenvalue weighted by Gasteiger charge is 2.14. The summed E-state index contributed by atoms with van der Waals surface area (Å²) in [5.41, 5.74) is 8.69. The summed E-state index contributed by atoms with van der Waals surface area (Å²) in [6.45, 7) is 4.47. The van der Waals surface area contributed by atoms with Crippen LogP contribution in [0.4, 0.5) is 11.4 Å². The highest BCUT2D eigenvalue weighted by Crippen LogP contribution is 2.32. The first-order valence-corrected chi connectivity index (χ1v) is 16.1. The highest BCUT2D eigenvalue weighted by molar-refractivity contribution is 5.83. The van der Waals surface area contributed by atoms with Crippen LogP contribution in [0.3, 0.4) is 0 Å². The number of allylic oxidation sites excluding steroid dienone is 4. The standard InChI is InChI=1S/C44H35N3O/c1-2-3-4-5-14-33-46(37-15-8-6-9-16-37)38-27-31-41(32-28-38)48-40-29-25-35(26-30-40)34-21-23-36(24-22-34)44-45-42-19-12-13-20-43(42)47(44)39-17-10-7-11-18-39/h2-32H,1,33H2/b4-3-,14-5-. The smallest absolute Gasteiger partial charge is 0.145 e. The number of ether oxygens (including phenoxy) is 1. The lowest BCUT2D eigenvalue weighted by Crippen LogP contribution is -2.16. The number of hydrogen-bond donors (Lipinski definition) is 0. The van der Waals surface area contributed by atoms with E-state index in [1.165, 1.54) is 0 Å². The molecule has 0 unspecified atom stereocenters. The lowest BCUT2D eigenvalue weighted by Gasteiger charge is -2.24. The third kappa shape index (κ3) is 6.74. The zero-order valence-electron chi connectivity index (χ0n) is 26.6. The van der Waals surface area contributed by atoms with Crippen molar-refractivity contribution < 1.29 is 4.74 Å². The van der Waals surface area contributed by atoms with Crippen molar-refractivity contribution in [3.8, 4) is 39.7 Å². The fraction of sp³-hybridized carbons (Fsp3) is 0.0227. The molecular formula is C44H35N3O. The largest absolute Gasteiger partial charge is 0.457 e. The molecule has 0 amide bonds. The second-order valence-electron chi connectivity index (χ2n) is 11.3. The number of para-hydroxylation sites is 4. The Balaban J connectivity index is 1.06. The lowest BCUT2D eigenvalue weighted by atomic mass is 10.0. The first-order valence-electron chi connectivity index (χ1n) is 16.1. The molecule has 7 aromatic rings. The Hall–Kier alpha value is -6.39. The van der Waals surface area contributed by atoms with Crippen LogP contribution in [0.5, 0.6) is 11.5 Å². The molecule has 0 radical (unpaired) electrons. The second-order valence-corrected chi connectivity index (χ2v) is 11.3. The molecule has 1 aromatic heterocycles. The average Bonchev–Trinajstić information content (AvgIpc) is 3.55. The first kappa shape index (κ1) is 30.3. The maximum atomic E-state index is 6.23. The number of imidazole rings is 1. The van der Waals surface area contributed by atoms with Gasteiger partial charge in [-0.2, -0.15) is 0 Å². The molecule has 0 N–H and O–H groups in total. The van der Waals surface area contributed by atoms with Gasteiger partial charge in [-0.3, -0.25) is 4.57 Å². The van der Waals surface area contributed by atoms with Gasteiger partial charge in [0.2, 0.25) is 0 Å². The van der Waals surface area contributed by atoms with Crippen LogP contribution in [0.15, 0.2) is 195 Å². The van der Waals surface area contributed by atoms with Gasteiger partial charge in [-0.25, -0.2) is 4.98 Å². The summed E-state index contributed by atoms with van der Waals surface area (Å²) in [7, 11) is 0. The molecule has 0 bridgehead atoms. The van der Waals surface area contributed by atoms with E-state index in [9.17, 15) is 0 Å². The van der Waals surface area contributed by atoms with E-state index in [1.807, 2.05) is 60.7 Å². The highest BCUT2D eigenvalue weighted by atomic mass is 16.5. The van der Waals surface area contributed by atoms with Crippen LogP contribution >= 0.6 is 0 Å². The predicted octanol–water partition coefficient (Wildman–Crippen LogP) is 11.6. The Morgan fingerprint density at radius 2 is 1.12 bits per heavy atom. The van der Waals surface area contributed by atoms with Gasteiger partial charge >= 0.3 is 0 Å². The molecule has 0 saturated carbocycles. The molecule has 232 valence electrons. The summed E-state index contributed by atoms with van der Waals surface area (Å²) in [5.74, 6) is 2.50. The van der Waals surface area contributed by atoms with E-state index in [-0.39, 0.29) is 0 Å². The number of hydrogen-bond acceptors (Lipinski definition) is 3. The van der Waals surface area contributed by atoms with Gasteiger partial charge in [0.05, 0.1) is 11.0 Å². The molecule has 0 aliphatic heterocycles.